The number of para-hydroxylation sites is 1. The van der Waals surface area contributed by atoms with E-state index in [9.17, 15) is 5.26 Å². The maximum Gasteiger partial charge on any atom is 0.160 e. The minimum Gasteiger partial charge on any atom is -0.309 e. The highest BCUT2D eigenvalue weighted by molar-refractivity contribution is 6.11. The molecule has 11 rings (SSSR count). The lowest BCUT2D eigenvalue weighted by atomic mass is 9.99. The van der Waals surface area contributed by atoms with Crippen molar-refractivity contribution >= 4 is 21.8 Å². The summed E-state index contributed by atoms with van der Waals surface area (Å²) in [7, 11) is 0. The van der Waals surface area contributed by atoms with Crippen LogP contribution in [0.15, 0.2) is 218 Å². The first-order valence-electron chi connectivity index (χ1n) is 20.9. The van der Waals surface area contributed by atoms with E-state index in [4.69, 9.17) is 19.9 Å². The average molecular weight is 805 g/mol. The third kappa shape index (κ3) is 7.10. The van der Waals surface area contributed by atoms with Crippen LogP contribution in [0.4, 0.5) is 0 Å². The molecular weight excluding hydrogens is 769 g/mol. The van der Waals surface area contributed by atoms with Crippen molar-refractivity contribution in [2.24, 2.45) is 0 Å². The van der Waals surface area contributed by atoms with Crippen molar-refractivity contribution in [1.29, 1.82) is 5.26 Å². The van der Waals surface area contributed by atoms with E-state index in [2.05, 4.69) is 132 Å². The summed E-state index contributed by atoms with van der Waals surface area (Å²) >= 11 is 0. The molecular formula is C57H36N6. The van der Waals surface area contributed by atoms with Crippen LogP contribution in [-0.2, 0) is 0 Å². The van der Waals surface area contributed by atoms with Gasteiger partial charge in [-0.15, -0.1) is 0 Å². The molecule has 294 valence electrons. The van der Waals surface area contributed by atoms with E-state index in [-0.39, 0.29) is 0 Å². The molecule has 0 atom stereocenters. The first-order valence-corrected chi connectivity index (χ1v) is 20.9. The Balaban J connectivity index is 1.18. The molecule has 8 aromatic carbocycles. The maximum absolute atomic E-state index is 9.45. The Kier molecular flexibility index (Phi) is 9.45. The van der Waals surface area contributed by atoms with Crippen molar-refractivity contribution in [3.8, 4) is 90.7 Å². The van der Waals surface area contributed by atoms with Crippen LogP contribution in [0.1, 0.15) is 5.56 Å². The molecule has 0 aliphatic carbocycles. The van der Waals surface area contributed by atoms with Crippen molar-refractivity contribution in [2.75, 3.05) is 0 Å². The molecule has 0 N–H and O–H groups in total. The van der Waals surface area contributed by atoms with Gasteiger partial charge < -0.3 is 4.57 Å². The molecule has 0 spiro atoms. The highest BCUT2D eigenvalue weighted by Gasteiger charge is 2.21. The predicted octanol–water partition coefficient (Wildman–Crippen LogP) is 13.9. The Bertz CT molecular complexity index is 3370. The lowest BCUT2D eigenvalue weighted by Crippen LogP contribution is -2.02. The molecule has 0 saturated heterocycles. The summed E-state index contributed by atoms with van der Waals surface area (Å²) in [6.07, 6.45) is 0. The molecule has 0 saturated carbocycles. The number of aromatic nitrogens is 5. The summed E-state index contributed by atoms with van der Waals surface area (Å²) in [5.74, 6) is 1.29. The quantitative estimate of drug-likeness (QED) is 0.153. The van der Waals surface area contributed by atoms with Gasteiger partial charge in [0.05, 0.1) is 51.1 Å². The second kappa shape index (κ2) is 16.0. The van der Waals surface area contributed by atoms with E-state index in [1.807, 2.05) is 97.1 Å². The Hall–Kier alpha value is -8.79. The van der Waals surface area contributed by atoms with Gasteiger partial charge in [0.1, 0.15) is 0 Å². The first kappa shape index (κ1) is 37.2. The van der Waals surface area contributed by atoms with Crippen LogP contribution in [0.25, 0.3) is 106 Å². The van der Waals surface area contributed by atoms with Gasteiger partial charge in [0.25, 0.3) is 0 Å². The van der Waals surface area contributed by atoms with Crippen molar-refractivity contribution < 1.29 is 0 Å². The predicted molar refractivity (Wildman–Crippen MR) is 255 cm³/mol. The summed E-state index contributed by atoms with van der Waals surface area (Å²) in [6.45, 7) is 0. The average Bonchev–Trinajstić information content (AvgIpc) is 3.70. The number of hydrogen-bond donors (Lipinski definition) is 0. The fourth-order valence-electron chi connectivity index (χ4n) is 8.37. The molecule has 0 radical (unpaired) electrons. The van der Waals surface area contributed by atoms with Gasteiger partial charge in [0.2, 0.25) is 0 Å². The zero-order valence-corrected chi connectivity index (χ0v) is 34.0. The van der Waals surface area contributed by atoms with Crippen LogP contribution in [-0.4, -0.2) is 24.5 Å². The topological polar surface area (TPSA) is 80.3 Å². The molecule has 0 bridgehead atoms. The second-order valence-corrected chi connectivity index (χ2v) is 15.4. The summed E-state index contributed by atoms with van der Waals surface area (Å²) in [4.78, 5) is 20.9. The zero-order chi connectivity index (χ0) is 42.1. The number of benzene rings is 8. The molecule has 3 aromatic heterocycles. The number of fused-ring (bicyclic) bond motifs is 3. The van der Waals surface area contributed by atoms with Gasteiger partial charge in [-0.25, -0.2) is 19.9 Å². The van der Waals surface area contributed by atoms with E-state index in [0.717, 1.165) is 94.8 Å². The van der Waals surface area contributed by atoms with Gasteiger partial charge in [-0.3, -0.25) is 0 Å². The minimum atomic E-state index is 0.636. The fourth-order valence-corrected chi connectivity index (χ4v) is 8.37. The van der Waals surface area contributed by atoms with E-state index in [1.54, 1.807) is 0 Å². The lowest BCUT2D eigenvalue weighted by molar-refractivity contribution is 1.15. The molecule has 0 unspecified atom stereocenters. The molecule has 0 aliphatic heterocycles. The Morgan fingerprint density at radius 2 is 0.794 bits per heavy atom. The van der Waals surface area contributed by atoms with Crippen molar-refractivity contribution in [2.45, 2.75) is 0 Å². The van der Waals surface area contributed by atoms with Crippen LogP contribution >= 0.6 is 0 Å². The summed E-state index contributed by atoms with van der Waals surface area (Å²) in [5, 5.41) is 11.7. The number of hydrogen-bond acceptors (Lipinski definition) is 5. The molecule has 0 amide bonds. The van der Waals surface area contributed by atoms with Crippen LogP contribution in [0, 0.1) is 11.3 Å². The van der Waals surface area contributed by atoms with Gasteiger partial charge in [-0.1, -0.05) is 164 Å². The maximum atomic E-state index is 9.45. The molecule has 11 aromatic rings. The van der Waals surface area contributed by atoms with Crippen LogP contribution in [0.2, 0.25) is 0 Å². The zero-order valence-electron chi connectivity index (χ0n) is 34.0. The van der Waals surface area contributed by atoms with Gasteiger partial charge in [-0.2, -0.15) is 5.26 Å². The van der Waals surface area contributed by atoms with E-state index in [0.29, 0.717) is 17.2 Å². The van der Waals surface area contributed by atoms with Crippen LogP contribution in [0.5, 0.6) is 0 Å². The molecule has 0 fully saturated rings. The second-order valence-electron chi connectivity index (χ2n) is 15.4. The molecule has 63 heavy (non-hydrogen) atoms. The molecule has 0 aliphatic rings. The molecule has 3 heterocycles. The summed E-state index contributed by atoms with van der Waals surface area (Å²) < 4.78 is 2.35. The molecule has 6 nitrogen and oxygen atoms in total. The van der Waals surface area contributed by atoms with Gasteiger partial charge >= 0.3 is 0 Å². The minimum absolute atomic E-state index is 0.636. The normalized spacial score (nSPS) is 11.2. The number of rotatable bonds is 8. The Morgan fingerprint density at radius 3 is 1.38 bits per heavy atom. The SMILES string of the molecule is N#Cc1ccc(-c2ccc3c(c2)c2ccccc2n3-c2ccc(-c3cc(-c4ccccc4)nc(-c4ccccc4)n3)cc2-c2cc(-c3ccccc3)nc(-c3ccccc3)n2)cc1. The summed E-state index contributed by atoms with van der Waals surface area (Å²) in [6, 6.07) is 76.8. The van der Waals surface area contributed by atoms with Gasteiger partial charge in [-0.05, 0) is 65.7 Å². The van der Waals surface area contributed by atoms with Crippen LogP contribution < -0.4 is 0 Å². The largest absolute Gasteiger partial charge is 0.309 e. The van der Waals surface area contributed by atoms with Gasteiger partial charge in [0, 0.05) is 44.2 Å². The summed E-state index contributed by atoms with van der Waals surface area (Å²) in [5.41, 5.74) is 14.8. The number of nitriles is 1. The van der Waals surface area contributed by atoms with Gasteiger partial charge in [0.15, 0.2) is 11.6 Å². The van der Waals surface area contributed by atoms with Crippen molar-refractivity contribution in [1.82, 2.24) is 24.5 Å². The standard InChI is InChI=1S/C57H36N6/c58-37-38-25-27-39(28-26-38)44-29-31-54-47(33-44)46-23-13-14-24-53(46)63(54)55-32-30-45(51-35-49(40-15-5-1-6-16-40)59-56(61-51)42-19-9-3-10-20-42)34-48(55)52-36-50(41-17-7-2-8-18-41)60-57(62-52)43-21-11-4-12-22-43/h1-36H. The first-order chi connectivity index (χ1) is 31.2. The van der Waals surface area contributed by atoms with E-state index in [1.165, 1.54) is 0 Å². The third-order valence-corrected chi connectivity index (χ3v) is 11.5. The smallest absolute Gasteiger partial charge is 0.160 e. The van der Waals surface area contributed by atoms with Crippen LogP contribution in [0.3, 0.4) is 0 Å². The Morgan fingerprint density at radius 1 is 0.333 bits per heavy atom. The Labute approximate surface area is 364 Å². The third-order valence-electron chi connectivity index (χ3n) is 11.5. The van der Waals surface area contributed by atoms with Crippen molar-refractivity contribution in [3.05, 3.63) is 224 Å². The number of nitrogens with zero attached hydrogens (tertiary/aromatic N) is 6. The van der Waals surface area contributed by atoms with Crippen molar-refractivity contribution in [3.63, 3.8) is 0 Å². The monoisotopic (exact) mass is 804 g/mol. The highest BCUT2D eigenvalue weighted by atomic mass is 15.0. The fraction of sp³-hybridized carbons (Fsp3) is 0. The highest BCUT2D eigenvalue weighted by Crippen LogP contribution is 2.41. The van der Waals surface area contributed by atoms with E-state index < -0.39 is 0 Å². The lowest BCUT2D eigenvalue weighted by Gasteiger charge is -2.17. The molecule has 6 heteroatoms. The van der Waals surface area contributed by atoms with E-state index >= 15 is 0 Å².